The molecule has 0 radical (unpaired) electrons. The van der Waals surface area contributed by atoms with Gasteiger partial charge < -0.3 is 5.32 Å². The van der Waals surface area contributed by atoms with Gasteiger partial charge in [-0.1, -0.05) is 6.42 Å². The Bertz CT molecular complexity index is 524. The van der Waals surface area contributed by atoms with Crippen LogP contribution in [0, 0.1) is 13.8 Å². The molecular formula is C13H18ClN3S. The molecule has 0 unspecified atom stereocenters. The molecule has 2 heterocycles. The largest absolute Gasteiger partial charge is 0.369 e. The molecule has 2 rings (SSSR count). The van der Waals surface area contributed by atoms with Crippen LogP contribution in [-0.2, 0) is 0 Å². The maximum absolute atomic E-state index is 5.66. The van der Waals surface area contributed by atoms with Crippen molar-refractivity contribution < 1.29 is 0 Å². The van der Waals surface area contributed by atoms with Crippen molar-refractivity contribution in [3.8, 4) is 0 Å². The Labute approximate surface area is 117 Å². The molecule has 3 nitrogen and oxygen atoms in total. The predicted molar refractivity (Wildman–Crippen MR) is 79.9 cm³/mol. The molecule has 0 bridgehead atoms. The van der Waals surface area contributed by atoms with Crippen molar-refractivity contribution in [2.75, 3.05) is 17.7 Å². The summed E-state index contributed by atoms with van der Waals surface area (Å²) in [7, 11) is 0. The summed E-state index contributed by atoms with van der Waals surface area (Å²) in [5.41, 5.74) is 1.29. The van der Waals surface area contributed by atoms with Gasteiger partial charge in [0, 0.05) is 17.3 Å². The number of thiophene rings is 1. The lowest BCUT2D eigenvalue weighted by Gasteiger charge is -2.06. The van der Waals surface area contributed by atoms with E-state index in [4.69, 9.17) is 11.6 Å². The molecule has 2 aromatic heterocycles. The molecule has 0 saturated carbocycles. The first-order valence-corrected chi connectivity index (χ1v) is 7.59. The third kappa shape index (κ3) is 2.93. The number of aryl methyl sites for hydroxylation is 2. The van der Waals surface area contributed by atoms with Gasteiger partial charge in [-0.25, -0.2) is 9.97 Å². The number of hydrogen-bond acceptors (Lipinski definition) is 4. The second-order valence-electron chi connectivity index (χ2n) is 4.36. The quantitative estimate of drug-likeness (QED) is 0.640. The number of halogens is 1. The minimum Gasteiger partial charge on any atom is -0.369 e. The zero-order valence-electron chi connectivity index (χ0n) is 10.8. The zero-order chi connectivity index (χ0) is 13.0. The number of unbranched alkanes of at least 4 members (excludes halogenated alkanes) is 2. The smallest absolute Gasteiger partial charge is 0.138 e. The minimum atomic E-state index is 0.751. The van der Waals surface area contributed by atoms with E-state index < -0.39 is 0 Å². The Morgan fingerprint density at radius 2 is 2.06 bits per heavy atom. The van der Waals surface area contributed by atoms with Gasteiger partial charge in [0.05, 0.1) is 5.39 Å². The lowest BCUT2D eigenvalue weighted by atomic mass is 10.2. The maximum atomic E-state index is 5.66. The van der Waals surface area contributed by atoms with E-state index in [0.29, 0.717) is 0 Å². The highest BCUT2D eigenvalue weighted by atomic mass is 35.5. The fourth-order valence-corrected chi connectivity index (χ4v) is 3.11. The SMILES string of the molecule is Cc1sc2ncnc(NCCCCCCl)c2c1C. The number of rotatable bonds is 6. The summed E-state index contributed by atoms with van der Waals surface area (Å²) in [5, 5.41) is 4.59. The summed E-state index contributed by atoms with van der Waals surface area (Å²) in [6.07, 6.45) is 5.00. The van der Waals surface area contributed by atoms with Crippen LogP contribution >= 0.6 is 22.9 Å². The van der Waals surface area contributed by atoms with Crippen LogP contribution in [0.4, 0.5) is 5.82 Å². The van der Waals surface area contributed by atoms with Gasteiger partial charge >= 0.3 is 0 Å². The van der Waals surface area contributed by atoms with Crippen LogP contribution in [0.15, 0.2) is 6.33 Å². The summed E-state index contributed by atoms with van der Waals surface area (Å²) in [4.78, 5) is 11.1. The molecule has 0 spiro atoms. The number of anilines is 1. The molecule has 98 valence electrons. The van der Waals surface area contributed by atoms with Crippen molar-refractivity contribution in [1.29, 1.82) is 0 Å². The van der Waals surface area contributed by atoms with Gasteiger partial charge in [0.2, 0.25) is 0 Å². The van der Waals surface area contributed by atoms with Crippen LogP contribution in [0.1, 0.15) is 29.7 Å². The van der Waals surface area contributed by atoms with E-state index in [1.54, 1.807) is 17.7 Å². The Kier molecular flexibility index (Phi) is 4.78. The topological polar surface area (TPSA) is 37.8 Å². The van der Waals surface area contributed by atoms with E-state index >= 15 is 0 Å². The van der Waals surface area contributed by atoms with E-state index in [1.165, 1.54) is 15.8 Å². The molecule has 0 aliphatic heterocycles. The Hall–Kier alpha value is -0.870. The van der Waals surface area contributed by atoms with Crippen molar-refractivity contribution in [2.24, 2.45) is 0 Å². The zero-order valence-corrected chi connectivity index (χ0v) is 12.4. The molecule has 1 N–H and O–H groups in total. The van der Waals surface area contributed by atoms with Crippen LogP contribution < -0.4 is 5.32 Å². The second kappa shape index (κ2) is 6.34. The third-order valence-electron chi connectivity index (χ3n) is 3.07. The number of aromatic nitrogens is 2. The van der Waals surface area contributed by atoms with Crippen LogP contribution in [0.25, 0.3) is 10.2 Å². The third-order valence-corrected chi connectivity index (χ3v) is 4.45. The van der Waals surface area contributed by atoms with Crippen molar-refractivity contribution >= 4 is 39.0 Å². The summed E-state index contributed by atoms with van der Waals surface area (Å²) < 4.78 is 0. The molecule has 0 aromatic carbocycles. The van der Waals surface area contributed by atoms with E-state index in [0.717, 1.165) is 42.3 Å². The van der Waals surface area contributed by atoms with Gasteiger partial charge in [-0.2, -0.15) is 0 Å². The maximum Gasteiger partial charge on any atom is 0.138 e. The molecule has 0 saturated heterocycles. The highest BCUT2D eigenvalue weighted by Gasteiger charge is 2.11. The Balaban J connectivity index is 2.08. The fourth-order valence-electron chi connectivity index (χ4n) is 1.92. The molecule has 0 atom stereocenters. The standard InChI is InChI=1S/C13H18ClN3S/c1-9-10(2)18-13-11(9)12(16-8-17-13)15-7-5-3-4-6-14/h8H,3-7H2,1-2H3,(H,15,16,17). The lowest BCUT2D eigenvalue weighted by Crippen LogP contribution is -2.04. The summed E-state index contributed by atoms with van der Waals surface area (Å²) in [6, 6.07) is 0. The molecular weight excluding hydrogens is 266 g/mol. The average molecular weight is 284 g/mol. The number of nitrogens with zero attached hydrogens (tertiary/aromatic N) is 2. The van der Waals surface area contributed by atoms with Crippen molar-refractivity contribution in [3.63, 3.8) is 0 Å². The molecule has 2 aromatic rings. The first-order valence-electron chi connectivity index (χ1n) is 6.24. The monoisotopic (exact) mass is 283 g/mol. The Morgan fingerprint density at radius 3 is 2.83 bits per heavy atom. The molecule has 0 aliphatic carbocycles. The van der Waals surface area contributed by atoms with Gasteiger partial charge in [0.1, 0.15) is 17.0 Å². The van der Waals surface area contributed by atoms with Crippen molar-refractivity contribution in [3.05, 3.63) is 16.8 Å². The molecule has 5 heteroatoms. The van der Waals surface area contributed by atoms with Gasteiger partial charge in [0.25, 0.3) is 0 Å². The van der Waals surface area contributed by atoms with Crippen molar-refractivity contribution in [1.82, 2.24) is 9.97 Å². The number of fused-ring (bicyclic) bond motifs is 1. The van der Waals surface area contributed by atoms with Gasteiger partial charge in [-0.3, -0.25) is 0 Å². The fraction of sp³-hybridized carbons (Fsp3) is 0.538. The second-order valence-corrected chi connectivity index (χ2v) is 5.94. The highest BCUT2D eigenvalue weighted by Crippen LogP contribution is 2.32. The number of nitrogens with one attached hydrogen (secondary N) is 1. The van der Waals surface area contributed by atoms with Gasteiger partial charge in [-0.15, -0.1) is 22.9 Å². The number of hydrogen-bond donors (Lipinski definition) is 1. The van der Waals surface area contributed by atoms with Gasteiger partial charge in [0.15, 0.2) is 0 Å². The first-order chi connectivity index (χ1) is 8.74. The van der Waals surface area contributed by atoms with Crippen molar-refractivity contribution in [2.45, 2.75) is 33.1 Å². The summed E-state index contributed by atoms with van der Waals surface area (Å²) >= 11 is 7.39. The molecule has 18 heavy (non-hydrogen) atoms. The van der Waals surface area contributed by atoms with Gasteiger partial charge in [-0.05, 0) is 32.3 Å². The minimum absolute atomic E-state index is 0.751. The normalized spacial score (nSPS) is 11.1. The summed E-state index contributed by atoms with van der Waals surface area (Å²) in [5.74, 6) is 1.72. The van der Waals surface area contributed by atoms with E-state index in [9.17, 15) is 0 Å². The van der Waals surface area contributed by atoms with E-state index in [-0.39, 0.29) is 0 Å². The van der Waals surface area contributed by atoms with Crippen LogP contribution in [-0.4, -0.2) is 22.4 Å². The Morgan fingerprint density at radius 1 is 1.22 bits per heavy atom. The predicted octanol–water partition coefficient (Wildman–Crippen LogP) is 4.13. The van der Waals surface area contributed by atoms with Crippen LogP contribution in [0.3, 0.4) is 0 Å². The van der Waals surface area contributed by atoms with Crippen LogP contribution in [0.5, 0.6) is 0 Å². The molecule has 0 aliphatic rings. The van der Waals surface area contributed by atoms with Crippen LogP contribution in [0.2, 0.25) is 0 Å². The molecule has 0 amide bonds. The lowest BCUT2D eigenvalue weighted by molar-refractivity contribution is 0.746. The average Bonchev–Trinajstić information content (AvgIpc) is 2.66. The first kappa shape index (κ1) is 13.6. The number of alkyl halides is 1. The van der Waals surface area contributed by atoms with E-state index in [2.05, 4.69) is 29.1 Å². The molecule has 0 fully saturated rings. The summed E-state index contributed by atoms with van der Waals surface area (Å²) in [6.45, 7) is 5.21. The highest BCUT2D eigenvalue weighted by molar-refractivity contribution is 7.18. The van der Waals surface area contributed by atoms with E-state index in [1.807, 2.05) is 0 Å².